The van der Waals surface area contributed by atoms with Gasteiger partial charge in [-0.25, -0.2) is 4.39 Å². The van der Waals surface area contributed by atoms with E-state index in [1.807, 2.05) is 6.07 Å². The van der Waals surface area contributed by atoms with Gasteiger partial charge in [-0.3, -0.25) is 0 Å². The third kappa shape index (κ3) is 6.95. The lowest BCUT2D eigenvalue weighted by Gasteiger charge is -2.31. The second-order valence-corrected chi connectivity index (χ2v) is 12.9. The molecule has 0 amide bonds. The molecule has 2 heteroatoms. The van der Waals surface area contributed by atoms with Gasteiger partial charge in [0.05, 0.1) is 6.61 Å². The van der Waals surface area contributed by atoms with Crippen LogP contribution in [0.15, 0.2) is 48.5 Å². The van der Waals surface area contributed by atoms with Crippen LogP contribution in [0.3, 0.4) is 0 Å². The van der Waals surface area contributed by atoms with Gasteiger partial charge in [-0.15, -0.1) is 0 Å². The molecule has 0 heterocycles. The van der Waals surface area contributed by atoms with Crippen LogP contribution in [0.5, 0.6) is 5.75 Å². The van der Waals surface area contributed by atoms with E-state index >= 15 is 4.39 Å². The van der Waals surface area contributed by atoms with Crippen molar-refractivity contribution in [3.05, 3.63) is 76.6 Å². The van der Waals surface area contributed by atoms with Crippen molar-refractivity contribution in [3.63, 3.8) is 0 Å². The minimum atomic E-state index is -0.102. The van der Waals surface area contributed by atoms with Crippen LogP contribution in [-0.4, -0.2) is 6.61 Å². The van der Waals surface area contributed by atoms with Gasteiger partial charge in [-0.2, -0.15) is 0 Å². The summed E-state index contributed by atoms with van der Waals surface area (Å²) < 4.78 is 22.0. The van der Waals surface area contributed by atoms with Crippen LogP contribution >= 0.6 is 0 Å². The Morgan fingerprint density at radius 3 is 1.83 bits per heavy atom. The summed E-state index contributed by atoms with van der Waals surface area (Å²) >= 11 is 0. The Kier molecular flexibility index (Phi) is 11.3. The highest BCUT2D eigenvalue weighted by molar-refractivity contribution is 5.75. The average molecular weight is 571 g/mol. The molecule has 42 heavy (non-hydrogen) atoms. The molecule has 1 aliphatic rings. The van der Waals surface area contributed by atoms with Gasteiger partial charge in [0.25, 0.3) is 0 Å². The Balaban J connectivity index is 1.60. The topological polar surface area (TPSA) is 9.23 Å². The van der Waals surface area contributed by atoms with E-state index in [2.05, 4.69) is 84.9 Å². The fourth-order valence-electron chi connectivity index (χ4n) is 7.39. The molecule has 0 unspecified atom stereocenters. The number of hydrogen-bond acceptors (Lipinski definition) is 1. The number of hydrogen-bond donors (Lipinski definition) is 0. The van der Waals surface area contributed by atoms with Crippen molar-refractivity contribution in [3.8, 4) is 28.0 Å². The monoisotopic (exact) mass is 570 g/mol. The summed E-state index contributed by atoms with van der Waals surface area (Å²) in [7, 11) is 0. The highest BCUT2D eigenvalue weighted by Gasteiger charge is 2.25. The Bertz CT molecular complexity index is 1280. The number of benzene rings is 3. The lowest BCUT2D eigenvalue weighted by Crippen LogP contribution is -2.21. The van der Waals surface area contributed by atoms with Gasteiger partial charge in [0, 0.05) is 5.56 Å². The van der Waals surface area contributed by atoms with Crippen LogP contribution in [0.1, 0.15) is 128 Å². The van der Waals surface area contributed by atoms with Gasteiger partial charge >= 0.3 is 0 Å². The number of aryl methyl sites for hydroxylation is 1. The normalized spacial score (nSPS) is 17.4. The lowest BCUT2D eigenvalue weighted by molar-refractivity contribution is 0.172. The minimum Gasteiger partial charge on any atom is -0.493 e. The van der Waals surface area contributed by atoms with Crippen molar-refractivity contribution in [1.29, 1.82) is 0 Å². The fourth-order valence-corrected chi connectivity index (χ4v) is 7.39. The predicted molar refractivity (Wildman–Crippen MR) is 179 cm³/mol. The smallest absolute Gasteiger partial charge is 0.131 e. The molecule has 0 atom stereocenters. The molecule has 228 valence electrons. The van der Waals surface area contributed by atoms with Crippen molar-refractivity contribution >= 4 is 0 Å². The van der Waals surface area contributed by atoms with Crippen LogP contribution in [0, 0.1) is 17.2 Å². The summed E-state index contributed by atoms with van der Waals surface area (Å²) in [6.45, 7) is 16.8. The molecule has 3 aromatic rings. The zero-order valence-corrected chi connectivity index (χ0v) is 27.5. The predicted octanol–water partition coefficient (Wildman–Crippen LogP) is 12.1. The van der Waals surface area contributed by atoms with Gasteiger partial charge in [-0.05, 0) is 107 Å². The first-order chi connectivity index (χ1) is 20.3. The van der Waals surface area contributed by atoms with Crippen molar-refractivity contribution in [2.75, 3.05) is 6.61 Å². The van der Waals surface area contributed by atoms with Crippen molar-refractivity contribution < 1.29 is 9.13 Å². The third-order valence-electron chi connectivity index (χ3n) is 10.8. The molecule has 0 bridgehead atoms. The molecule has 0 N–H and O–H groups in total. The molecule has 1 fully saturated rings. The Labute approximate surface area is 256 Å². The summed E-state index contributed by atoms with van der Waals surface area (Å²) in [5.74, 6) is 2.31. The summed E-state index contributed by atoms with van der Waals surface area (Å²) in [6, 6.07) is 16.9. The number of ether oxygens (including phenoxy) is 1. The highest BCUT2D eigenvalue weighted by Crippen LogP contribution is 2.40. The molecule has 1 nitrogen and oxygen atoms in total. The van der Waals surface area contributed by atoms with E-state index in [-0.39, 0.29) is 5.82 Å². The van der Waals surface area contributed by atoms with Crippen LogP contribution < -0.4 is 4.74 Å². The fraction of sp³-hybridized carbons (Fsp3) is 0.550. The average Bonchev–Trinajstić information content (AvgIpc) is 3.03. The van der Waals surface area contributed by atoms with Crippen molar-refractivity contribution in [1.82, 2.24) is 0 Å². The Hall–Kier alpha value is -2.61. The molecule has 4 rings (SSSR count). The highest BCUT2D eigenvalue weighted by atomic mass is 19.1. The van der Waals surface area contributed by atoms with E-state index in [0.717, 1.165) is 49.5 Å². The zero-order valence-electron chi connectivity index (χ0n) is 27.5. The van der Waals surface area contributed by atoms with Crippen molar-refractivity contribution in [2.24, 2.45) is 11.3 Å². The molecule has 0 saturated heterocycles. The minimum absolute atomic E-state index is 0.102. The SMILES string of the molecule is CCc1cc(-c2ccc(-c3ccc(C4CCC(C)CC4)cc3F)cc2)c(CC)c(CC)c1OCCC(CC)(CC)CC. The number of rotatable bonds is 13. The maximum Gasteiger partial charge on any atom is 0.131 e. The largest absolute Gasteiger partial charge is 0.493 e. The molecular formula is C40H55FO. The summed E-state index contributed by atoms with van der Waals surface area (Å²) in [4.78, 5) is 0. The van der Waals surface area contributed by atoms with E-state index in [1.165, 1.54) is 78.3 Å². The van der Waals surface area contributed by atoms with E-state index in [1.54, 1.807) is 6.07 Å². The summed E-state index contributed by atoms with van der Waals surface area (Å²) in [5.41, 5.74) is 9.68. The first kappa shape index (κ1) is 32.3. The van der Waals surface area contributed by atoms with Crippen LogP contribution in [-0.2, 0) is 19.3 Å². The second kappa shape index (κ2) is 14.7. The van der Waals surface area contributed by atoms with E-state index in [0.29, 0.717) is 16.9 Å². The summed E-state index contributed by atoms with van der Waals surface area (Å²) in [6.07, 6.45) is 12.4. The van der Waals surface area contributed by atoms with Crippen LogP contribution in [0.4, 0.5) is 4.39 Å². The van der Waals surface area contributed by atoms with Gasteiger partial charge < -0.3 is 4.74 Å². The molecule has 0 radical (unpaired) electrons. The molecule has 1 saturated carbocycles. The van der Waals surface area contributed by atoms with Crippen LogP contribution in [0.2, 0.25) is 0 Å². The molecule has 0 aromatic heterocycles. The molecular weight excluding hydrogens is 515 g/mol. The van der Waals surface area contributed by atoms with Gasteiger partial charge in [0.2, 0.25) is 0 Å². The van der Waals surface area contributed by atoms with Gasteiger partial charge in [-0.1, -0.05) is 117 Å². The lowest BCUT2D eigenvalue weighted by atomic mass is 9.77. The molecule has 0 spiro atoms. The maximum absolute atomic E-state index is 15.4. The molecule has 0 aliphatic heterocycles. The van der Waals surface area contributed by atoms with E-state index in [9.17, 15) is 0 Å². The standard InChI is InChI=1S/C40H55FO/c1-8-29-26-37(34(9-2)35(10-3)39(29)42-25-24-40(11-4,12-5)13-6)32-20-18-31(19-21-32)36-23-22-33(27-38(36)41)30-16-14-28(7)15-17-30/h18-23,26-28,30H,8-17,24-25H2,1-7H3. The Morgan fingerprint density at radius 2 is 1.31 bits per heavy atom. The quantitative estimate of drug-likeness (QED) is 0.199. The van der Waals surface area contributed by atoms with Gasteiger partial charge in [0.15, 0.2) is 0 Å². The number of halogens is 1. The van der Waals surface area contributed by atoms with Crippen LogP contribution in [0.25, 0.3) is 22.3 Å². The first-order valence-electron chi connectivity index (χ1n) is 17.0. The van der Waals surface area contributed by atoms with E-state index in [4.69, 9.17) is 4.74 Å². The first-order valence-corrected chi connectivity index (χ1v) is 17.0. The zero-order chi connectivity index (χ0) is 30.3. The maximum atomic E-state index is 15.4. The molecule has 1 aliphatic carbocycles. The van der Waals surface area contributed by atoms with Gasteiger partial charge in [0.1, 0.15) is 11.6 Å². The second-order valence-electron chi connectivity index (χ2n) is 12.9. The van der Waals surface area contributed by atoms with E-state index < -0.39 is 0 Å². The Morgan fingerprint density at radius 1 is 0.714 bits per heavy atom. The third-order valence-corrected chi connectivity index (χ3v) is 10.8. The van der Waals surface area contributed by atoms with Crippen molar-refractivity contribution in [2.45, 2.75) is 125 Å². The molecule has 3 aromatic carbocycles. The summed E-state index contributed by atoms with van der Waals surface area (Å²) in [5, 5.41) is 0.